The number of hydrogen-bond donors (Lipinski definition) is 2. The molecule has 16 heavy (non-hydrogen) atoms. The Morgan fingerprint density at radius 1 is 1.38 bits per heavy atom. The van der Waals surface area contributed by atoms with Gasteiger partial charge in [-0.25, -0.2) is 0 Å². The van der Waals surface area contributed by atoms with E-state index < -0.39 is 5.60 Å². The van der Waals surface area contributed by atoms with E-state index in [0.717, 1.165) is 12.8 Å². The number of aliphatic hydroxyl groups excluding tert-OH is 1. The zero-order valence-electron chi connectivity index (χ0n) is 10.7. The van der Waals surface area contributed by atoms with Crippen molar-refractivity contribution in [1.29, 1.82) is 0 Å². The van der Waals surface area contributed by atoms with E-state index in [1.807, 2.05) is 6.92 Å². The lowest BCUT2D eigenvalue weighted by molar-refractivity contribution is -0.0429. The summed E-state index contributed by atoms with van der Waals surface area (Å²) in [5, 5.41) is 20.4. The van der Waals surface area contributed by atoms with Gasteiger partial charge in [0.2, 0.25) is 0 Å². The molecule has 3 atom stereocenters. The van der Waals surface area contributed by atoms with Crippen molar-refractivity contribution >= 4 is 0 Å². The summed E-state index contributed by atoms with van der Waals surface area (Å²) in [5.74, 6) is 0.406. The molecule has 0 aromatic carbocycles. The molecule has 94 valence electrons. The van der Waals surface area contributed by atoms with Gasteiger partial charge in [0, 0.05) is 12.3 Å². The van der Waals surface area contributed by atoms with E-state index in [-0.39, 0.29) is 12.0 Å². The molecule has 1 rings (SSSR count). The van der Waals surface area contributed by atoms with Gasteiger partial charge in [0.1, 0.15) is 0 Å². The first-order chi connectivity index (χ1) is 7.47. The summed E-state index contributed by atoms with van der Waals surface area (Å²) in [4.78, 5) is 0. The highest BCUT2D eigenvalue weighted by molar-refractivity contribution is 4.92. The Morgan fingerprint density at radius 3 is 2.44 bits per heavy atom. The maximum absolute atomic E-state index is 10.3. The summed E-state index contributed by atoms with van der Waals surface area (Å²) < 4.78 is 0. The first-order valence-electron chi connectivity index (χ1n) is 6.50. The maximum Gasteiger partial charge on any atom is 0.0704 e. The minimum Gasteiger partial charge on any atom is -0.393 e. The van der Waals surface area contributed by atoms with Crippen molar-refractivity contribution in [3.05, 3.63) is 12.7 Å². The Labute approximate surface area is 99.4 Å². The largest absolute Gasteiger partial charge is 0.393 e. The number of hydrogen-bond acceptors (Lipinski definition) is 2. The van der Waals surface area contributed by atoms with Crippen LogP contribution in [0, 0.1) is 11.8 Å². The summed E-state index contributed by atoms with van der Waals surface area (Å²) in [6.07, 6.45) is 7.82. The molecule has 0 spiro atoms. The third-order valence-electron chi connectivity index (χ3n) is 4.15. The highest BCUT2D eigenvalue weighted by Gasteiger charge is 2.32. The number of aliphatic hydroxyl groups is 2. The van der Waals surface area contributed by atoms with Gasteiger partial charge >= 0.3 is 0 Å². The fraction of sp³-hybridized carbons (Fsp3) is 0.857. The Morgan fingerprint density at radius 2 is 1.94 bits per heavy atom. The zero-order chi connectivity index (χ0) is 12.2. The van der Waals surface area contributed by atoms with Crippen LogP contribution in [0.1, 0.15) is 52.4 Å². The van der Waals surface area contributed by atoms with E-state index in [1.54, 1.807) is 13.0 Å². The van der Waals surface area contributed by atoms with Crippen molar-refractivity contribution in [2.24, 2.45) is 11.8 Å². The molecule has 2 nitrogen and oxygen atoms in total. The second kappa shape index (κ2) is 5.83. The lowest BCUT2D eigenvalue weighted by atomic mass is 9.78. The molecule has 2 N–H and O–H groups in total. The van der Waals surface area contributed by atoms with Crippen LogP contribution in [-0.2, 0) is 0 Å². The van der Waals surface area contributed by atoms with Crippen molar-refractivity contribution in [3.8, 4) is 0 Å². The highest BCUT2D eigenvalue weighted by Crippen LogP contribution is 2.32. The molecule has 0 bridgehead atoms. The smallest absolute Gasteiger partial charge is 0.0704 e. The fourth-order valence-electron chi connectivity index (χ4n) is 2.55. The lowest BCUT2D eigenvalue weighted by Gasteiger charge is -2.34. The van der Waals surface area contributed by atoms with Gasteiger partial charge in [0.05, 0.1) is 11.7 Å². The molecule has 0 unspecified atom stereocenters. The predicted octanol–water partition coefficient (Wildman–Crippen LogP) is 2.89. The molecule has 1 fully saturated rings. The van der Waals surface area contributed by atoms with Crippen LogP contribution in [0.2, 0.25) is 0 Å². The fourth-order valence-corrected chi connectivity index (χ4v) is 2.55. The quantitative estimate of drug-likeness (QED) is 0.708. The summed E-state index contributed by atoms with van der Waals surface area (Å²) >= 11 is 0. The molecular formula is C14H26O2. The van der Waals surface area contributed by atoms with Gasteiger partial charge in [-0.1, -0.05) is 32.3 Å². The molecule has 1 aliphatic rings. The van der Waals surface area contributed by atoms with E-state index in [9.17, 15) is 10.2 Å². The zero-order valence-corrected chi connectivity index (χ0v) is 10.7. The molecule has 2 heteroatoms. The average Bonchev–Trinajstić information content (AvgIpc) is 2.28. The van der Waals surface area contributed by atoms with Gasteiger partial charge in [0.25, 0.3) is 0 Å². The molecule has 1 aliphatic carbocycles. The van der Waals surface area contributed by atoms with E-state index >= 15 is 0 Å². The molecule has 0 amide bonds. The summed E-state index contributed by atoms with van der Waals surface area (Å²) in [6, 6.07) is 0. The van der Waals surface area contributed by atoms with Gasteiger partial charge in [-0.2, -0.15) is 0 Å². The van der Waals surface area contributed by atoms with Gasteiger partial charge in [0.15, 0.2) is 0 Å². The second-order valence-electron chi connectivity index (χ2n) is 5.55. The van der Waals surface area contributed by atoms with Crippen molar-refractivity contribution in [2.75, 3.05) is 0 Å². The molecular weight excluding hydrogens is 200 g/mol. The third kappa shape index (κ3) is 3.60. The Hall–Kier alpha value is -0.340. The van der Waals surface area contributed by atoms with Gasteiger partial charge in [-0.05, 0) is 25.7 Å². The molecule has 0 heterocycles. The summed E-state index contributed by atoms with van der Waals surface area (Å²) in [5.41, 5.74) is -0.835. The summed E-state index contributed by atoms with van der Waals surface area (Å²) in [6.45, 7) is 7.45. The van der Waals surface area contributed by atoms with E-state index in [1.165, 1.54) is 19.3 Å². The van der Waals surface area contributed by atoms with Crippen molar-refractivity contribution in [1.82, 2.24) is 0 Å². The maximum atomic E-state index is 10.3. The topological polar surface area (TPSA) is 40.5 Å². The minimum absolute atomic E-state index is 0.0192. The molecule has 0 aromatic heterocycles. The van der Waals surface area contributed by atoms with Gasteiger partial charge < -0.3 is 10.2 Å². The lowest BCUT2D eigenvalue weighted by Crippen LogP contribution is -2.38. The van der Waals surface area contributed by atoms with Crippen LogP contribution in [0.4, 0.5) is 0 Å². The van der Waals surface area contributed by atoms with Crippen LogP contribution >= 0.6 is 0 Å². The average molecular weight is 226 g/mol. The SMILES string of the molecule is C=C[C@H](C)[C@](C)(O)C[C@H](O)C1CCCCC1. The van der Waals surface area contributed by atoms with Crippen LogP contribution in [0.15, 0.2) is 12.7 Å². The Kier molecular flexibility index (Phi) is 5.00. The van der Waals surface area contributed by atoms with Crippen LogP contribution in [0.25, 0.3) is 0 Å². The van der Waals surface area contributed by atoms with E-state index in [4.69, 9.17) is 0 Å². The monoisotopic (exact) mass is 226 g/mol. The summed E-state index contributed by atoms with van der Waals surface area (Å²) in [7, 11) is 0. The number of rotatable bonds is 5. The molecule has 0 radical (unpaired) electrons. The predicted molar refractivity (Wildman–Crippen MR) is 67.2 cm³/mol. The van der Waals surface area contributed by atoms with Crippen LogP contribution in [-0.4, -0.2) is 21.9 Å². The van der Waals surface area contributed by atoms with Gasteiger partial charge in [-0.15, -0.1) is 6.58 Å². The van der Waals surface area contributed by atoms with Crippen molar-refractivity contribution in [3.63, 3.8) is 0 Å². The van der Waals surface area contributed by atoms with E-state index in [2.05, 4.69) is 6.58 Å². The standard InChI is InChI=1S/C14H26O2/c1-4-11(2)14(3,16)10-13(15)12-8-6-5-7-9-12/h4,11-13,15-16H,1,5-10H2,2-3H3/t11-,13-,14+/m0/s1. The minimum atomic E-state index is -0.835. The second-order valence-corrected chi connectivity index (χ2v) is 5.55. The first-order valence-corrected chi connectivity index (χ1v) is 6.50. The van der Waals surface area contributed by atoms with E-state index in [0.29, 0.717) is 12.3 Å². The van der Waals surface area contributed by atoms with Crippen LogP contribution < -0.4 is 0 Å². The van der Waals surface area contributed by atoms with Gasteiger partial charge in [-0.3, -0.25) is 0 Å². The first kappa shape index (κ1) is 13.7. The Bertz CT molecular complexity index is 217. The molecule has 0 saturated heterocycles. The Balaban J connectivity index is 2.48. The highest BCUT2D eigenvalue weighted by atomic mass is 16.3. The normalized spacial score (nSPS) is 25.8. The third-order valence-corrected chi connectivity index (χ3v) is 4.15. The van der Waals surface area contributed by atoms with Crippen LogP contribution in [0.3, 0.4) is 0 Å². The molecule has 0 aromatic rings. The van der Waals surface area contributed by atoms with Crippen LogP contribution in [0.5, 0.6) is 0 Å². The molecule has 1 saturated carbocycles. The molecule has 0 aliphatic heterocycles. The van der Waals surface area contributed by atoms with Crippen molar-refractivity contribution in [2.45, 2.75) is 64.1 Å². The van der Waals surface area contributed by atoms with Crippen molar-refractivity contribution < 1.29 is 10.2 Å².